The van der Waals surface area contributed by atoms with Gasteiger partial charge in [0, 0.05) is 6.20 Å². The summed E-state index contributed by atoms with van der Waals surface area (Å²) in [6, 6.07) is 3.88. The van der Waals surface area contributed by atoms with Crippen LogP contribution in [0, 0.1) is 0 Å². The summed E-state index contributed by atoms with van der Waals surface area (Å²) < 4.78 is 7.32. The van der Waals surface area contributed by atoms with E-state index in [1.54, 1.807) is 7.11 Å². The fourth-order valence-corrected chi connectivity index (χ4v) is 3.33. The first-order chi connectivity index (χ1) is 7.90. The van der Waals surface area contributed by atoms with Crippen molar-refractivity contribution in [1.29, 1.82) is 0 Å². The zero-order valence-electron chi connectivity index (χ0n) is 9.09. The molecule has 1 aliphatic rings. The molecule has 1 unspecified atom stereocenters. The summed E-state index contributed by atoms with van der Waals surface area (Å²) in [5, 5.41) is 8.99. The summed E-state index contributed by atoms with van der Waals surface area (Å²) in [7, 11) is 1.66. The molecule has 1 atom stereocenters. The Morgan fingerprint density at radius 3 is 3.19 bits per heavy atom. The van der Waals surface area contributed by atoms with Crippen LogP contribution in [0.3, 0.4) is 0 Å². The molecular weight excluding hydrogens is 222 g/mol. The largest absolute Gasteiger partial charge is 0.493 e. The van der Waals surface area contributed by atoms with E-state index in [2.05, 4.69) is 10.2 Å². The Balaban J connectivity index is 2.12. The smallest absolute Gasteiger partial charge is 0.203 e. The maximum atomic E-state index is 5.27. The van der Waals surface area contributed by atoms with Crippen molar-refractivity contribution in [2.24, 2.45) is 0 Å². The van der Waals surface area contributed by atoms with Gasteiger partial charge >= 0.3 is 0 Å². The highest BCUT2D eigenvalue weighted by molar-refractivity contribution is 7.99. The summed E-state index contributed by atoms with van der Waals surface area (Å²) >= 11 is 1.96. The van der Waals surface area contributed by atoms with Crippen LogP contribution in [-0.2, 0) is 0 Å². The second kappa shape index (κ2) is 3.97. The number of rotatable bonds is 2. The molecule has 0 aromatic carbocycles. The van der Waals surface area contributed by atoms with Crippen LogP contribution in [0.25, 0.3) is 5.65 Å². The minimum absolute atomic E-state index is 0.488. The average Bonchev–Trinajstić information content (AvgIpc) is 2.96. The topological polar surface area (TPSA) is 39.4 Å². The number of thioether (sulfide) groups is 1. The third kappa shape index (κ3) is 1.46. The Morgan fingerprint density at radius 2 is 2.44 bits per heavy atom. The van der Waals surface area contributed by atoms with E-state index in [4.69, 9.17) is 4.74 Å². The van der Waals surface area contributed by atoms with Gasteiger partial charge in [-0.3, -0.25) is 4.40 Å². The van der Waals surface area contributed by atoms with Gasteiger partial charge in [0.15, 0.2) is 11.6 Å². The highest BCUT2D eigenvalue weighted by atomic mass is 32.2. The number of ether oxygens (including phenoxy) is 1. The Bertz CT molecular complexity index is 505. The molecule has 0 bridgehead atoms. The molecule has 1 fully saturated rings. The average molecular weight is 235 g/mol. The van der Waals surface area contributed by atoms with Gasteiger partial charge in [-0.2, -0.15) is 11.8 Å². The third-order valence-corrected chi connectivity index (χ3v) is 4.24. The van der Waals surface area contributed by atoms with Crippen LogP contribution in [0.2, 0.25) is 0 Å². The molecule has 0 aliphatic carbocycles. The van der Waals surface area contributed by atoms with Crippen LogP contribution >= 0.6 is 11.8 Å². The van der Waals surface area contributed by atoms with Crippen LogP contribution in [-0.4, -0.2) is 27.5 Å². The molecule has 0 radical (unpaired) electrons. The van der Waals surface area contributed by atoms with Crippen LogP contribution in [0.4, 0.5) is 0 Å². The van der Waals surface area contributed by atoms with Crippen molar-refractivity contribution in [1.82, 2.24) is 14.6 Å². The van der Waals surface area contributed by atoms with Crippen molar-refractivity contribution in [2.45, 2.75) is 18.1 Å². The van der Waals surface area contributed by atoms with Crippen molar-refractivity contribution in [3.8, 4) is 5.75 Å². The van der Waals surface area contributed by atoms with E-state index in [9.17, 15) is 0 Å². The lowest BCUT2D eigenvalue weighted by molar-refractivity contribution is 0.416. The number of hydrogen-bond donors (Lipinski definition) is 0. The summed E-state index contributed by atoms with van der Waals surface area (Å²) in [6.45, 7) is 0. The summed E-state index contributed by atoms with van der Waals surface area (Å²) in [5.74, 6) is 3.06. The standard InChI is InChI=1S/C11H13N3OS/c1-15-8-4-2-6-14-10(8)12-13-11(14)9-5-3-7-16-9/h2,4,6,9H,3,5,7H2,1H3. The molecule has 0 spiro atoms. The summed E-state index contributed by atoms with van der Waals surface area (Å²) in [5.41, 5.74) is 0.813. The lowest BCUT2D eigenvalue weighted by Crippen LogP contribution is -1.98. The number of pyridine rings is 1. The molecule has 3 heterocycles. The number of nitrogens with zero attached hydrogens (tertiary/aromatic N) is 3. The molecule has 0 saturated carbocycles. The number of fused-ring (bicyclic) bond motifs is 1. The van der Waals surface area contributed by atoms with Crippen molar-refractivity contribution in [3.05, 3.63) is 24.2 Å². The molecule has 2 aromatic heterocycles. The normalized spacial score (nSPS) is 20.4. The molecule has 0 amide bonds. The number of hydrogen-bond acceptors (Lipinski definition) is 4. The Morgan fingerprint density at radius 1 is 1.50 bits per heavy atom. The lowest BCUT2D eigenvalue weighted by Gasteiger charge is -2.06. The van der Waals surface area contributed by atoms with Crippen LogP contribution in [0.5, 0.6) is 5.75 Å². The van der Waals surface area contributed by atoms with Crippen LogP contribution in [0.15, 0.2) is 18.3 Å². The van der Waals surface area contributed by atoms with E-state index in [1.165, 1.54) is 18.6 Å². The van der Waals surface area contributed by atoms with E-state index in [0.717, 1.165) is 17.2 Å². The van der Waals surface area contributed by atoms with E-state index in [0.29, 0.717) is 5.25 Å². The fourth-order valence-electron chi connectivity index (χ4n) is 2.07. The van der Waals surface area contributed by atoms with Gasteiger partial charge in [-0.05, 0) is 30.7 Å². The van der Waals surface area contributed by atoms with Crippen molar-refractivity contribution in [2.75, 3.05) is 12.9 Å². The van der Waals surface area contributed by atoms with Crippen molar-refractivity contribution >= 4 is 17.4 Å². The first kappa shape index (κ1) is 9.96. The molecule has 1 saturated heterocycles. The molecule has 4 nitrogen and oxygen atoms in total. The van der Waals surface area contributed by atoms with Crippen LogP contribution in [0.1, 0.15) is 23.9 Å². The van der Waals surface area contributed by atoms with Crippen molar-refractivity contribution < 1.29 is 4.74 Å². The van der Waals surface area contributed by atoms with Gasteiger partial charge in [0.2, 0.25) is 5.65 Å². The Kier molecular flexibility index (Phi) is 2.47. The van der Waals surface area contributed by atoms with Gasteiger partial charge in [0.25, 0.3) is 0 Å². The molecule has 16 heavy (non-hydrogen) atoms. The minimum atomic E-state index is 0.488. The predicted octanol–water partition coefficient (Wildman–Crippen LogP) is 2.31. The van der Waals surface area contributed by atoms with Gasteiger partial charge in [-0.1, -0.05) is 0 Å². The second-order valence-electron chi connectivity index (χ2n) is 3.83. The first-order valence-corrected chi connectivity index (χ1v) is 6.44. The molecule has 84 valence electrons. The Labute approximate surface area is 98.0 Å². The maximum absolute atomic E-state index is 5.27. The summed E-state index contributed by atoms with van der Waals surface area (Å²) in [4.78, 5) is 0. The Hall–Kier alpha value is -1.23. The van der Waals surface area contributed by atoms with E-state index in [-0.39, 0.29) is 0 Å². The monoisotopic (exact) mass is 235 g/mol. The van der Waals surface area contributed by atoms with E-state index >= 15 is 0 Å². The minimum Gasteiger partial charge on any atom is -0.493 e. The van der Waals surface area contributed by atoms with Crippen molar-refractivity contribution in [3.63, 3.8) is 0 Å². The van der Waals surface area contributed by atoms with Gasteiger partial charge < -0.3 is 4.74 Å². The summed E-state index contributed by atoms with van der Waals surface area (Å²) in [6.07, 6.45) is 4.48. The number of aromatic nitrogens is 3. The van der Waals surface area contributed by atoms with Gasteiger partial charge in [-0.25, -0.2) is 0 Å². The highest BCUT2D eigenvalue weighted by Gasteiger charge is 2.23. The van der Waals surface area contributed by atoms with E-state index in [1.807, 2.05) is 34.5 Å². The molecule has 3 rings (SSSR count). The quantitative estimate of drug-likeness (QED) is 0.800. The van der Waals surface area contributed by atoms with Gasteiger partial charge in [-0.15, -0.1) is 10.2 Å². The third-order valence-electron chi connectivity index (χ3n) is 2.86. The molecule has 0 N–H and O–H groups in total. The maximum Gasteiger partial charge on any atom is 0.203 e. The zero-order valence-corrected chi connectivity index (χ0v) is 9.91. The molecule has 2 aromatic rings. The van der Waals surface area contributed by atoms with Gasteiger partial charge in [0.1, 0.15) is 0 Å². The highest BCUT2D eigenvalue weighted by Crippen LogP contribution is 2.39. The SMILES string of the molecule is COc1cccn2c(C3CCCS3)nnc12. The number of methoxy groups -OCH3 is 1. The molecule has 5 heteroatoms. The predicted molar refractivity (Wildman–Crippen MR) is 64.0 cm³/mol. The van der Waals surface area contributed by atoms with E-state index < -0.39 is 0 Å². The fraction of sp³-hybridized carbons (Fsp3) is 0.455. The first-order valence-electron chi connectivity index (χ1n) is 5.39. The van der Waals surface area contributed by atoms with Crippen LogP contribution < -0.4 is 4.74 Å². The zero-order chi connectivity index (χ0) is 11.0. The lowest BCUT2D eigenvalue weighted by atomic mass is 10.2. The molecule has 1 aliphatic heterocycles. The second-order valence-corrected chi connectivity index (χ2v) is 5.14. The molecular formula is C11H13N3OS. The van der Waals surface area contributed by atoms with Gasteiger partial charge in [0.05, 0.1) is 12.4 Å².